The largest absolute Gasteiger partial charge is 0.304 e. The molecule has 1 atom stereocenters. The molecule has 1 aliphatic rings. The SMILES string of the molecule is CN1CCN(C[C@H](Cl)c2ccccc2)CC1. The molecule has 0 aromatic heterocycles. The summed E-state index contributed by atoms with van der Waals surface area (Å²) < 4.78 is 0. The van der Waals surface area contributed by atoms with Gasteiger partial charge in [-0.25, -0.2) is 0 Å². The Morgan fingerprint density at radius 2 is 1.75 bits per heavy atom. The summed E-state index contributed by atoms with van der Waals surface area (Å²) in [6.07, 6.45) is 0. The van der Waals surface area contributed by atoms with Gasteiger partial charge in [-0.05, 0) is 12.6 Å². The smallest absolute Gasteiger partial charge is 0.0712 e. The summed E-state index contributed by atoms with van der Waals surface area (Å²) in [6.45, 7) is 5.52. The fourth-order valence-electron chi connectivity index (χ4n) is 2.02. The molecule has 0 amide bonds. The van der Waals surface area contributed by atoms with E-state index in [1.165, 1.54) is 5.56 Å². The molecule has 0 spiro atoms. The molecule has 2 rings (SSSR count). The highest BCUT2D eigenvalue weighted by Crippen LogP contribution is 2.21. The lowest BCUT2D eigenvalue weighted by Crippen LogP contribution is -2.45. The summed E-state index contributed by atoms with van der Waals surface area (Å²) in [6, 6.07) is 10.3. The van der Waals surface area contributed by atoms with E-state index in [1.54, 1.807) is 0 Å². The summed E-state index contributed by atoms with van der Waals surface area (Å²) in [4.78, 5) is 4.81. The van der Waals surface area contributed by atoms with Gasteiger partial charge in [-0.2, -0.15) is 0 Å². The van der Waals surface area contributed by atoms with E-state index in [0.29, 0.717) is 0 Å². The highest BCUT2D eigenvalue weighted by molar-refractivity contribution is 6.21. The molecule has 1 aliphatic heterocycles. The summed E-state index contributed by atoms with van der Waals surface area (Å²) in [5, 5.41) is 0.115. The molecule has 0 radical (unpaired) electrons. The maximum absolute atomic E-state index is 6.42. The number of piperazine rings is 1. The summed E-state index contributed by atoms with van der Waals surface area (Å²) in [5.74, 6) is 0. The molecule has 1 aromatic rings. The van der Waals surface area contributed by atoms with Crippen LogP contribution < -0.4 is 0 Å². The van der Waals surface area contributed by atoms with Crippen LogP contribution in [0.3, 0.4) is 0 Å². The van der Waals surface area contributed by atoms with Crippen molar-refractivity contribution in [1.82, 2.24) is 9.80 Å². The first-order valence-corrected chi connectivity index (χ1v) is 6.29. The molecule has 0 saturated carbocycles. The van der Waals surface area contributed by atoms with Gasteiger partial charge in [0.15, 0.2) is 0 Å². The van der Waals surface area contributed by atoms with Crippen molar-refractivity contribution in [3.63, 3.8) is 0 Å². The Bertz CT molecular complexity index is 307. The Morgan fingerprint density at radius 3 is 2.38 bits per heavy atom. The molecule has 2 nitrogen and oxygen atoms in total. The Hall–Kier alpha value is -0.570. The molecule has 1 aromatic carbocycles. The van der Waals surface area contributed by atoms with Gasteiger partial charge in [0.05, 0.1) is 5.38 Å². The van der Waals surface area contributed by atoms with Crippen LogP contribution in [0.2, 0.25) is 0 Å². The summed E-state index contributed by atoms with van der Waals surface area (Å²) in [5.41, 5.74) is 1.23. The van der Waals surface area contributed by atoms with Gasteiger partial charge in [-0.1, -0.05) is 30.3 Å². The first-order chi connectivity index (χ1) is 7.75. The molecule has 0 unspecified atom stereocenters. The first kappa shape index (κ1) is 11.9. The summed E-state index contributed by atoms with van der Waals surface area (Å²) >= 11 is 6.42. The average Bonchev–Trinajstić information content (AvgIpc) is 2.33. The van der Waals surface area contributed by atoms with Crippen LogP contribution >= 0.6 is 11.6 Å². The van der Waals surface area contributed by atoms with Crippen LogP contribution in [-0.2, 0) is 0 Å². The second-order valence-electron chi connectivity index (χ2n) is 4.48. The van der Waals surface area contributed by atoms with Crippen LogP contribution in [0.4, 0.5) is 0 Å². The zero-order chi connectivity index (χ0) is 11.4. The van der Waals surface area contributed by atoms with Crippen molar-refractivity contribution in [2.24, 2.45) is 0 Å². The van der Waals surface area contributed by atoms with Gasteiger partial charge in [0.2, 0.25) is 0 Å². The van der Waals surface area contributed by atoms with Crippen LogP contribution in [0.5, 0.6) is 0 Å². The normalized spacial score (nSPS) is 20.9. The van der Waals surface area contributed by atoms with E-state index in [1.807, 2.05) is 6.07 Å². The summed E-state index contributed by atoms with van der Waals surface area (Å²) in [7, 11) is 2.17. The zero-order valence-electron chi connectivity index (χ0n) is 9.77. The molecule has 3 heteroatoms. The van der Waals surface area contributed by atoms with E-state index < -0.39 is 0 Å². The molecule has 16 heavy (non-hydrogen) atoms. The number of benzene rings is 1. The predicted molar refractivity (Wildman–Crippen MR) is 69.0 cm³/mol. The van der Waals surface area contributed by atoms with Crippen LogP contribution in [0.15, 0.2) is 30.3 Å². The monoisotopic (exact) mass is 238 g/mol. The van der Waals surface area contributed by atoms with Crippen molar-refractivity contribution < 1.29 is 0 Å². The van der Waals surface area contributed by atoms with Gasteiger partial charge in [0.1, 0.15) is 0 Å². The van der Waals surface area contributed by atoms with Crippen molar-refractivity contribution in [3.8, 4) is 0 Å². The molecular formula is C13H19ClN2. The zero-order valence-corrected chi connectivity index (χ0v) is 10.5. The first-order valence-electron chi connectivity index (χ1n) is 5.85. The second kappa shape index (κ2) is 5.67. The van der Waals surface area contributed by atoms with Gasteiger partial charge in [0, 0.05) is 32.7 Å². The third-order valence-corrected chi connectivity index (χ3v) is 3.57. The van der Waals surface area contributed by atoms with Gasteiger partial charge in [0.25, 0.3) is 0 Å². The van der Waals surface area contributed by atoms with E-state index in [-0.39, 0.29) is 5.38 Å². The van der Waals surface area contributed by atoms with E-state index in [4.69, 9.17) is 11.6 Å². The fraction of sp³-hybridized carbons (Fsp3) is 0.538. The minimum Gasteiger partial charge on any atom is -0.304 e. The highest BCUT2D eigenvalue weighted by Gasteiger charge is 2.17. The topological polar surface area (TPSA) is 6.48 Å². The number of nitrogens with zero attached hydrogens (tertiary/aromatic N) is 2. The third-order valence-electron chi connectivity index (χ3n) is 3.18. The number of likely N-dealkylation sites (N-methyl/N-ethyl adjacent to an activating group) is 1. The van der Waals surface area contributed by atoms with Crippen molar-refractivity contribution >= 4 is 11.6 Å². The standard InChI is InChI=1S/C13H19ClN2/c1-15-7-9-16(10-8-15)11-13(14)12-5-3-2-4-6-12/h2-6,13H,7-11H2,1H3/t13-/m0/s1. The Kier molecular flexibility index (Phi) is 4.22. The Morgan fingerprint density at radius 1 is 1.12 bits per heavy atom. The van der Waals surface area contributed by atoms with E-state index >= 15 is 0 Å². The van der Waals surface area contributed by atoms with Crippen LogP contribution in [0.25, 0.3) is 0 Å². The number of hydrogen-bond acceptors (Lipinski definition) is 2. The number of hydrogen-bond donors (Lipinski definition) is 0. The van der Waals surface area contributed by atoms with Crippen molar-refractivity contribution in [3.05, 3.63) is 35.9 Å². The Balaban J connectivity index is 1.86. The highest BCUT2D eigenvalue weighted by atomic mass is 35.5. The molecule has 1 saturated heterocycles. The maximum Gasteiger partial charge on any atom is 0.0712 e. The lowest BCUT2D eigenvalue weighted by Gasteiger charge is -2.33. The lowest BCUT2D eigenvalue weighted by atomic mass is 10.1. The van der Waals surface area contributed by atoms with Gasteiger partial charge in [-0.15, -0.1) is 11.6 Å². The van der Waals surface area contributed by atoms with Crippen molar-refractivity contribution in [2.45, 2.75) is 5.38 Å². The molecule has 88 valence electrons. The van der Waals surface area contributed by atoms with Gasteiger partial charge in [-0.3, -0.25) is 4.90 Å². The van der Waals surface area contributed by atoms with E-state index in [9.17, 15) is 0 Å². The van der Waals surface area contributed by atoms with Crippen LogP contribution in [0.1, 0.15) is 10.9 Å². The van der Waals surface area contributed by atoms with Crippen molar-refractivity contribution in [1.29, 1.82) is 0 Å². The van der Waals surface area contributed by atoms with Gasteiger partial charge >= 0.3 is 0 Å². The van der Waals surface area contributed by atoms with E-state index in [0.717, 1.165) is 32.7 Å². The number of halogens is 1. The minimum atomic E-state index is 0.115. The predicted octanol–water partition coefficient (Wildman–Crippen LogP) is 2.21. The second-order valence-corrected chi connectivity index (χ2v) is 5.01. The van der Waals surface area contributed by atoms with Crippen LogP contribution in [0, 0.1) is 0 Å². The molecule has 0 N–H and O–H groups in total. The molecule has 0 bridgehead atoms. The van der Waals surface area contributed by atoms with E-state index in [2.05, 4.69) is 41.1 Å². The Labute approximate surface area is 103 Å². The number of rotatable bonds is 3. The third kappa shape index (κ3) is 3.21. The number of alkyl halides is 1. The molecule has 1 fully saturated rings. The van der Waals surface area contributed by atoms with Crippen LogP contribution in [-0.4, -0.2) is 49.6 Å². The molecular weight excluding hydrogens is 220 g/mol. The fourth-order valence-corrected chi connectivity index (χ4v) is 2.37. The quantitative estimate of drug-likeness (QED) is 0.746. The average molecular weight is 239 g/mol. The lowest BCUT2D eigenvalue weighted by molar-refractivity contribution is 0.154. The maximum atomic E-state index is 6.42. The van der Waals surface area contributed by atoms with Crippen molar-refractivity contribution in [2.75, 3.05) is 39.8 Å². The minimum absolute atomic E-state index is 0.115. The molecule has 1 heterocycles. The molecule has 0 aliphatic carbocycles. The van der Waals surface area contributed by atoms with Gasteiger partial charge < -0.3 is 4.90 Å².